The second-order valence-corrected chi connectivity index (χ2v) is 9.98. The molecule has 1 unspecified atom stereocenters. The summed E-state index contributed by atoms with van der Waals surface area (Å²) in [5, 5.41) is 6.61. The molecular weight excluding hydrogens is 350 g/mol. The van der Waals surface area contributed by atoms with Gasteiger partial charge in [-0.25, -0.2) is 4.79 Å². The van der Waals surface area contributed by atoms with Crippen molar-refractivity contribution >= 4 is 6.03 Å². The van der Waals surface area contributed by atoms with Gasteiger partial charge in [-0.1, -0.05) is 12.1 Å². The lowest BCUT2D eigenvalue weighted by molar-refractivity contribution is -0.0135. The second kappa shape index (κ2) is 6.94. The van der Waals surface area contributed by atoms with E-state index in [-0.39, 0.29) is 17.6 Å². The number of hydrogen-bond acceptors (Lipinski definition) is 3. The molecule has 4 saturated carbocycles. The number of urea groups is 1. The molecule has 28 heavy (non-hydrogen) atoms. The number of fused-ring (bicyclic) bond motifs is 1. The fraction of sp³-hybridized carbons (Fsp3) is 0.696. The zero-order valence-corrected chi connectivity index (χ0v) is 17.2. The SMILES string of the molecule is CN(C)C(CNC(=O)NC12CC3CC(CC(C3)C1)C2)c1ccc2c(c1)CCO2. The van der Waals surface area contributed by atoms with E-state index >= 15 is 0 Å². The summed E-state index contributed by atoms with van der Waals surface area (Å²) in [7, 11) is 4.15. The smallest absolute Gasteiger partial charge is 0.315 e. The van der Waals surface area contributed by atoms with Crippen molar-refractivity contribution in [2.45, 2.75) is 56.5 Å². The topological polar surface area (TPSA) is 53.6 Å². The standard InChI is InChI=1S/C23H33N3O2/c1-26(2)20(18-3-4-21-19(10-18)5-6-28-21)14-24-22(27)25-23-11-15-7-16(12-23)9-17(8-15)13-23/h3-4,10,15-17,20H,5-9,11-14H2,1-2H3,(H2,24,25,27). The van der Waals surface area contributed by atoms with E-state index in [0.717, 1.165) is 36.5 Å². The number of carbonyl (C=O) groups is 1. The maximum absolute atomic E-state index is 12.8. The van der Waals surface area contributed by atoms with Gasteiger partial charge in [0, 0.05) is 18.5 Å². The van der Waals surface area contributed by atoms with Crippen LogP contribution in [0.25, 0.3) is 0 Å². The van der Waals surface area contributed by atoms with Crippen LogP contribution in [0.15, 0.2) is 18.2 Å². The minimum atomic E-state index is 0.0123. The number of benzene rings is 1. The van der Waals surface area contributed by atoms with Crippen molar-refractivity contribution in [2.75, 3.05) is 27.2 Å². The Bertz CT molecular complexity index is 725. The van der Waals surface area contributed by atoms with Gasteiger partial charge in [0.1, 0.15) is 5.75 Å². The van der Waals surface area contributed by atoms with Crippen LogP contribution in [0.5, 0.6) is 5.75 Å². The minimum absolute atomic E-state index is 0.0123. The number of ether oxygens (including phenoxy) is 1. The first kappa shape index (κ1) is 18.3. The van der Waals surface area contributed by atoms with Crippen LogP contribution in [0.3, 0.4) is 0 Å². The molecule has 0 radical (unpaired) electrons. The Labute approximate surface area is 168 Å². The van der Waals surface area contributed by atoms with Gasteiger partial charge in [0.2, 0.25) is 0 Å². The lowest BCUT2D eigenvalue weighted by Gasteiger charge is -2.56. The summed E-state index contributed by atoms with van der Waals surface area (Å²) < 4.78 is 5.63. The van der Waals surface area contributed by atoms with E-state index in [9.17, 15) is 4.79 Å². The van der Waals surface area contributed by atoms with Gasteiger partial charge in [-0.15, -0.1) is 0 Å². The van der Waals surface area contributed by atoms with Crippen LogP contribution >= 0.6 is 0 Å². The van der Waals surface area contributed by atoms with Crippen molar-refractivity contribution in [3.05, 3.63) is 29.3 Å². The summed E-state index contributed by atoms with van der Waals surface area (Å²) in [4.78, 5) is 15.0. The summed E-state index contributed by atoms with van der Waals surface area (Å²) in [5.41, 5.74) is 2.59. The van der Waals surface area contributed by atoms with Crippen LogP contribution in [0.4, 0.5) is 4.79 Å². The zero-order valence-electron chi connectivity index (χ0n) is 17.2. The van der Waals surface area contributed by atoms with Gasteiger partial charge in [-0.2, -0.15) is 0 Å². The lowest BCUT2D eigenvalue weighted by atomic mass is 9.53. The third-order valence-corrected chi connectivity index (χ3v) is 7.59. The van der Waals surface area contributed by atoms with E-state index in [1.54, 1.807) is 0 Å². The van der Waals surface area contributed by atoms with E-state index in [0.29, 0.717) is 6.54 Å². The molecule has 5 heteroatoms. The van der Waals surface area contributed by atoms with E-state index in [1.165, 1.54) is 49.7 Å². The fourth-order valence-corrected chi connectivity index (χ4v) is 6.75. The average Bonchev–Trinajstić information content (AvgIpc) is 3.07. The van der Waals surface area contributed by atoms with Crippen molar-refractivity contribution in [3.63, 3.8) is 0 Å². The van der Waals surface area contributed by atoms with Gasteiger partial charge in [-0.05, 0) is 87.6 Å². The highest BCUT2D eigenvalue weighted by Crippen LogP contribution is 2.55. The van der Waals surface area contributed by atoms with Crippen LogP contribution in [-0.2, 0) is 6.42 Å². The molecule has 2 N–H and O–H groups in total. The molecule has 1 heterocycles. The van der Waals surface area contributed by atoms with Gasteiger partial charge in [0.15, 0.2) is 0 Å². The lowest BCUT2D eigenvalue weighted by Crippen LogP contribution is -2.61. The number of nitrogens with zero attached hydrogens (tertiary/aromatic N) is 1. The molecule has 6 rings (SSSR count). The number of likely N-dealkylation sites (N-methyl/N-ethyl adjacent to an activating group) is 1. The number of amides is 2. The number of nitrogens with one attached hydrogen (secondary N) is 2. The molecule has 4 bridgehead atoms. The molecule has 4 fully saturated rings. The van der Waals surface area contributed by atoms with Gasteiger partial charge < -0.3 is 20.3 Å². The number of carbonyl (C=O) groups excluding carboxylic acids is 1. The number of rotatable bonds is 5. The third-order valence-electron chi connectivity index (χ3n) is 7.59. The molecule has 1 atom stereocenters. The van der Waals surface area contributed by atoms with Crippen LogP contribution in [-0.4, -0.2) is 43.7 Å². The Balaban J connectivity index is 1.22. The molecule has 0 saturated heterocycles. The fourth-order valence-electron chi connectivity index (χ4n) is 6.75. The first-order valence-corrected chi connectivity index (χ1v) is 11.0. The van der Waals surface area contributed by atoms with Crippen LogP contribution in [0.2, 0.25) is 0 Å². The molecule has 2 amide bonds. The van der Waals surface area contributed by atoms with E-state index in [4.69, 9.17) is 4.74 Å². The summed E-state index contributed by atoms with van der Waals surface area (Å²) in [6.07, 6.45) is 8.73. The summed E-state index contributed by atoms with van der Waals surface area (Å²) in [5.74, 6) is 3.54. The molecule has 5 aliphatic rings. The van der Waals surface area contributed by atoms with Crippen molar-refractivity contribution in [1.29, 1.82) is 0 Å². The van der Waals surface area contributed by atoms with E-state index in [2.05, 4.69) is 47.8 Å². The normalized spacial score (nSPS) is 33.5. The molecule has 152 valence electrons. The van der Waals surface area contributed by atoms with Crippen LogP contribution in [0.1, 0.15) is 55.7 Å². The van der Waals surface area contributed by atoms with Gasteiger partial charge >= 0.3 is 6.03 Å². The quantitative estimate of drug-likeness (QED) is 0.818. The van der Waals surface area contributed by atoms with Crippen molar-refractivity contribution in [2.24, 2.45) is 17.8 Å². The van der Waals surface area contributed by atoms with Crippen molar-refractivity contribution in [3.8, 4) is 5.75 Å². The van der Waals surface area contributed by atoms with E-state index < -0.39 is 0 Å². The van der Waals surface area contributed by atoms with Crippen molar-refractivity contribution < 1.29 is 9.53 Å². The Kier molecular flexibility index (Phi) is 4.53. The monoisotopic (exact) mass is 383 g/mol. The van der Waals surface area contributed by atoms with Gasteiger partial charge in [0.05, 0.1) is 12.6 Å². The number of hydrogen-bond donors (Lipinski definition) is 2. The first-order chi connectivity index (χ1) is 13.5. The van der Waals surface area contributed by atoms with Gasteiger partial charge in [0.25, 0.3) is 0 Å². The van der Waals surface area contributed by atoms with Crippen LogP contribution in [0, 0.1) is 17.8 Å². The highest BCUT2D eigenvalue weighted by Gasteiger charge is 2.51. The second-order valence-electron chi connectivity index (χ2n) is 9.98. The average molecular weight is 384 g/mol. The Morgan fingerprint density at radius 2 is 1.86 bits per heavy atom. The Hall–Kier alpha value is -1.75. The largest absolute Gasteiger partial charge is 0.493 e. The Morgan fingerprint density at radius 1 is 1.18 bits per heavy atom. The predicted molar refractivity (Wildman–Crippen MR) is 110 cm³/mol. The molecule has 0 aromatic heterocycles. The van der Waals surface area contributed by atoms with Crippen molar-refractivity contribution in [1.82, 2.24) is 15.5 Å². The molecule has 1 aliphatic heterocycles. The molecule has 4 aliphatic carbocycles. The summed E-state index contributed by atoms with van der Waals surface area (Å²) >= 11 is 0. The zero-order chi connectivity index (χ0) is 19.3. The molecule has 1 aromatic rings. The molecule has 1 aromatic carbocycles. The maximum Gasteiger partial charge on any atom is 0.315 e. The summed E-state index contributed by atoms with van der Waals surface area (Å²) in [6, 6.07) is 6.62. The van der Waals surface area contributed by atoms with Gasteiger partial charge in [-0.3, -0.25) is 0 Å². The maximum atomic E-state index is 12.8. The minimum Gasteiger partial charge on any atom is -0.493 e. The highest BCUT2D eigenvalue weighted by atomic mass is 16.5. The predicted octanol–water partition coefficient (Wildman–Crippen LogP) is 3.49. The highest BCUT2D eigenvalue weighted by molar-refractivity contribution is 5.75. The summed E-state index contributed by atoms with van der Waals surface area (Å²) in [6.45, 7) is 1.39. The Morgan fingerprint density at radius 3 is 2.50 bits per heavy atom. The van der Waals surface area contributed by atoms with Crippen LogP contribution < -0.4 is 15.4 Å². The van der Waals surface area contributed by atoms with E-state index in [1.807, 2.05) is 0 Å². The molecular formula is C23H33N3O2. The first-order valence-electron chi connectivity index (χ1n) is 11.0. The molecule has 0 spiro atoms. The molecule has 5 nitrogen and oxygen atoms in total. The third kappa shape index (κ3) is 3.38.